The van der Waals surface area contributed by atoms with Gasteiger partial charge in [-0.3, -0.25) is 4.79 Å². The SMILES string of the molecule is COc1ccc(C(C)(c2ccc(OC(C)=O)cc2)c2ccc(N(c3ccc(-c4ccccc4)cc3)c3ccc(-c4ccccc4)cc3)cc2)cc1. The summed E-state index contributed by atoms with van der Waals surface area (Å²) in [5.41, 5.74) is 10.7. The van der Waals surface area contributed by atoms with Crippen LogP contribution in [0.25, 0.3) is 22.3 Å². The molecule has 51 heavy (non-hydrogen) atoms. The Bertz CT molecular complexity index is 2110. The Kier molecular flexibility index (Phi) is 9.49. The van der Waals surface area contributed by atoms with E-state index in [9.17, 15) is 4.79 Å². The average Bonchev–Trinajstić information content (AvgIpc) is 3.19. The molecule has 0 radical (unpaired) electrons. The molecule has 0 aliphatic rings. The fourth-order valence-electron chi connectivity index (χ4n) is 6.70. The van der Waals surface area contributed by atoms with Crippen molar-refractivity contribution in [2.75, 3.05) is 12.0 Å². The predicted octanol–water partition coefficient (Wildman–Crippen LogP) is 11.8. The minimum atomic E-state index is -0.515. The molecular weight excluding hydrogens is 627 g/mol. The number of hydrogen-bond donors (Lipinski definition) is 0. The van der Waals surface area contributed by atoms with Crippen molar-refractivity contribution in [3.05, 3.63) is 199 Å². The van der Waals surface area contributed by atoms with E-state index in [4.69, 9.17) is 9.47 Å². The zero-order valence-corrected chi connectivity index (χ0v) is 29.0. The van der Waals surface area contributed by atoms with Crippen LogP contribution in [0, 0.1) is 0 Å². The van der Waals surface area contributed by atoms with Crippen molar-refractivity contribution in [1.29, 1.82) is 0 Å². The topological polar surface area (TPSA) is 38.8 Å². The highest BCUT2D eigenvalue weighted by Crippen LogP contribution is 2.42. The molecule has 0 bridgehead atoms. The fraction of sp³-hybridized carbons (Fsp3) is 0.0851. The Hall–Kier alpha value is -6.39. The highest BCUT2D eigenvalue weighted by Gasteiger charge is 2.32. The lowest BCUT2D eigenvalue weighted by Crippen LogP contribution is -2.25. The quantitative estimate of drug-likeness (QED) is 0.0828. The Morgan fingerprint density at radius 2 is 0.784 bits per heavy atom. The minimum absolute atomic E-state index is 0.342. The van der Waals surface area contributed by atoms with E-state index in [-0.39, 0.29) is 5.97 Å². The number of benzene rings is 7. The van der Waals surface area contributed by atoms with Crippen LogP contribution in [0.1, 0.15) is 30.5 Å². The standard InChI is InChI=1S/C47H39NO3/c1-34(49)51-46-32-22-41(23-33-46)47(2,40-20-30-45(50-3)31-21-40)39-18-28-44(29-19-39)48(42-24-14-37(15-25-42)35-10-6-4-7-11-35)43-26-16-38(17-27-43)36-12-8-5-9-13-36/h4-33H,1-3H3. The van der Waals surface area contributed by atoms with Gasteiger partial charge in [0.15, 0.2) is 0 Å². The molecule has 0 heterocycles. The van der Waals surface area contributed by atoms with Gasteiger partial charge >= 0.3 is 5.97 Å². The molecule has 0 aliphatic carbocycles. The summed E-state index contributed by atoms with van der Waals surface area (Å²) >= 11 is 0. The summed E-state index contributed by atoms with van der Waals surface area (Å²) in [7, 11) is 1.68. The third-order valence-corrected chi connectivity index (χ3v) is 9.53. The Morgan fingerprint density at radius 3 is 1.16 bits per heavy atom. The van der Waals surface area contributed by atoms with Gasteiger partial charge in [0.2, 0.25) is 0 Å². The second-order valence-electron chi connectivity index (χ2n) is 12.7. The molecule has 0 aliphatic heterocycles. The zero-order chi connectivity index (χ0) is 35.2. The molecule has 7 aromatic rings. The highest BCUT2D eigenvalue weighted by molar-refractivity contribution is 5.80. The largest absolute Gasteiger partial charge is 0.497 e. The average molecular weight is 666 g/mol. The minimum Gasteiger partial charge on any atom is -0.497 e. The lowest BCUT2D eigenvalue weighted by atomic mass is 9.71. The molecule has 250 valence electrons. The van der Waals surface area contributed by atoms with Gasteiger partial charge in [0.1, 0.15) is 11.5 Å². The molecule has 7 aromatic carbocycles. The summed E-state index contributed by atoms with van der Waals surface area (Å²) in [6, 6.07) is 63.2. The van der Waals surface area contributed by atoms with Crippen molar-refractivity contribution in [2.24, 2.45) is 0 Å². The van der Waals surface area contributed by atoms with Crippen LogP contribution in [0.5, 0.6) is 11.5 Å². The number of carbonyl (C=O) groups excluding carboxylic acids is 1. The summed E-state index contributed by atoms with van der Waals surface area (Å²) < 4.78 is 10.8. The Morgan fingerprint density at radius 1 is 0.451 bits per heavy atom. The summed E-state index contributed by atoms with van der Waals surface area (Å²) in [6.45, 7) is 3.64. The first-order valence-corrected chi connectivity index (χ1v) is 17.1. The first-order valence-electron chi connectivity index (χ1n) is 17.1. The molecule has 7 rings (SSSR count). The van der Waals surface area contributed by atoms with Crippen LogP contribution in [0.2, 0.25) is 0 Å². The molecule has 0 saturated heterocycles. The van der Waals surface area contributed by atoms with Crippen LogP contribution in [0.15, 0.2) is 182 Å². The van der Waals surface area contributed by atoms with E-state index in [0.29, 0.717) is 5.75 Å². The molecule has 0 N–H and O–H groups in total. The number of hydrogen-bond acceptors (Lipinski definition) is 4. The maximum absolute atomic E-state index is 11.6. The lowest BCUT2D eigenvalue weighted by molar-refractivity contribution is -0.131. The summed E-state index contributed by atoms with van der Waals surface area (Å²) in [5.74, 6) is 0.977. The van der Waals surface area contributed by atoms with Gasteiger partial charge in [0, 0.05) is 29.4 Å². The van der Waals surface area contributed by atoms with Gasteiger partial charge < -0.3 is 14.4 Å². The molecule has 1 unspecified atom stereocenters. The van der Waals surface area contributed by atoms with Crippen LogP contribution >= 0.6 is 0 Å². The van der Waals surface area contributed by atoms with E-state index < -0.39 is 5.41 Å². The third kappa shape index (κ3) is 7.03. The lowest BCUT2D eigenvalue weighted by Gasteiger charge is -2.33. The highest BCUT2D eigenvalue weighted by atomic mass is 16.5. The summed E-state index contributed by atoms with van der Waals surface area (Å²) in [5, 5.41) is 0. The summed E-state index contributed by atoms with van der Waals surface area (Å²) in [6.07, 6.45) is 0. The van der Waals surface area contributed by atoms with Crippen LogP contribution in [-0.2, 0) is 10.2 Å². The Balaban J connectivity index is 1.30. The third-order valence-electron chi connectivity index (χ3n) is 9.53. The molecule has 0 spiro atoms. The van der Waals surface area contributed by atoms with Gasteiger partial charge in [0.05, 0.1) is 7.11 Å². The number of nitrogens with zero attached hydrogens (tertiary/aromatic N) is 1. The van der Waals surface area contributed by atoms with E-state index in [1.54, 1.807) is 7.11 Å². The smallest absolute Gasteiger partial charge is 0.308 e. The molecule has 4 nitrogen and oxygen atoms in total. The van der Waals surface area contributed by atoms with E-state index in [2.05, 4.69) is 145 Å². The van der Waals surface area contributed by atoms with Crippen molar-refractivity contribution >= 4 is 23.0 Å². The number of esters is 1. The summed E-state index contributed by atoms with van der Waals surface area (Å²) in [4.78, 5) is 13.9. The molecule has 0 aromatic heterocycles. The second-order valence-corrected chi connectivity index (χ2v) is 12.7. The van der Waals surface area contributed by atoms with Crippen molar-refractivity contribution in [3.8, 4) is 33.8 Å². The number of ether oxygens (including phenoxy) is 2. The first-order chi connectivity index (χ1) is 24.9. The van der Waals surface area contributed by atoms with E-state index in [1.807, 2.05) is 48.5 Å². The van der Waals surface area contributed by atoms with Crippen molar-refractivity contribution in [3.63, 3.8) is 0 Å². The van der Waals surface area contributed by atoms with Crippen LogP contribution < -0.4 is 14.4 Å². The van der Waals surface area contributed by atoms with Gasteiger partial charge in [-0.2, -0.15) is 0 Å². The van der Waals surface area contributed by atoms with E-state index >= 15 is 0 Å². The molecule has 0 saturated carbocycles. The van der Waals surface area contributed by atoms with Crippen molar-refractivity contribution < 1.29 is 14.3 Å². The Labute approximate surface area is 300 Å². The van der Waals surface area contributed by atoms with E-state index in [0.717, 1.165) is 39.5 Å². The number of methoxy groups -OCH3 is 1. The number of anilines is 3. The van der Waals surface area contributed by atoms with Crippen LogP contribution in [0.4, 0.5) is 17.1 Å². The van der Waals surface area contributed by atoms with Gasteiger partial charge in [-0.15, -0.1) is 0 Å². The molecular formula is C47H39NO3. The van der Waals surface area contributed by atoms with Gasteiger partial charge in [0.25, 0.3) is 0 Å². The van der Waals surface area contributed by atoms with Gasteiger partial charge in [-0.25, -0.2) is 0 Å². The van der Waals surface area contributed by atoms with Crippen LogP contribution in [-0.4, -0.2) is 13.1 Å². The fourth-order valence-corrected chi connectivity index (χ4v) is 6.70. The monoisotopic (exact) mass is 665 g/mol. The maximum atomic E-state index is 11.6. The van der Waals surface area contributed by atoms with Crippen LogP contribution in [0.3, 0.4) is 0 Å². The molecule has 1 atom stereocenters. The second kappa shape index (κ2) is 14.6. The first kappa shape index (κ1) is 33.1. The molecule has 0 amide bonds. The van der Waals surface area contributed by atoms with Crippen molar-refractivity contribution in [1.82, 2.24) is 0 Å². The number of rotatable bonds is 10. The maximum Gasteiger partial charge on any atom is 0.308 e. The molecule has 4 heteroatoms. The zero-order valence-electron chi connectivity index (χ0n) is 29.0. The number of carbonyl (C=O) groups is 1. The van der Waals surface area contributed by atoms with Crippen molar-refractivity contribution in [2.45, 2.75) is 19.3 Å². The van der Waals surface area contributed by atoms with Gasteiger partial charge in [-0.05, 0) is 107 Å². The van der Waals surface area contributed by atoms with Gasteiger partial charge in [-0.1, -0.05) is 121 Å². The normalized spacial score (nSPS) is 12.1. The molecule has 0 fully saturated rings. The van der Waals surface area contributed by atoms with E-state index in [1.165, 1.54) is 29.2 Å². The predicted molar refractivity (Wildman–Crippen MR) is 208 cm³/mol.